The Balaban J connectivity index is 3.39. The molecule has 0 spiro atoms. The van der Waals surface area contributed by atoms with Gasteiger partial charge in [-0.05, 0) is 0 Å². The van der Waals surface area contributed by atoms with E-state index in [-0.39, 0.29) is 37.3 Å². The predicted molar refractivity (Wildman–Crippen MR) is 97.8 cm³/mol. The van der Waals surface area contributed by atoms with Gasteiger partial charge in [0.1, 0.15) is 6.61 Å². The molecule has 0 aliphatic carbocycles. The molecule has 0 aromatic carbocycles. The fraction of sp³-hybridized carbons (Fsp3) is 0.722. The molecule has 0 aliphatic heterocycles. The van der Waals surface area contributed by atoms with Gasteiger partial charge < -0.3 is 24.3 Å². The van der Waals surface area contributed by atoms with Crippen LogP contribution in [0.3, 0.4) is 0 Å². The number of hydrogen-bond acceptors (Lipinski definition) is 7. The van der Waals surface area contributed by atoms with Crippen LogP contribution in [0.2, 0.25) is 0 Å². The second-order valence-corrected chi connectivity index (χ2v) is 5.38. The van der Waals surface area contributed by atoms with Crippen LogP contribution in [0.4, 0.5) is 0 Å². The largest absolute Gasteiger partial charge is 0.377 e. The van der Waals surface area contributed by atoms with E-state index in [0.717, 1.165) is 4.90 Å². The third-order valence-electron chi connectivity index (χ3n) is 3.19. The zero-order valence-electron chi connectivity index (χ0n) is 16.2. The van der Waals surface area contributed by atoms with Crippen molar-refractivity contribution >= 4 is 17.7 Å². The number of nitrogens with zero attached hydrogens (tertiary/aromatic N) is 1. The van der Waals surface area contributed by atoms with Gasteiger partial charge in [0.15, 0.2) is 0 Å². The molecule has 0 atom stereocenters. The van der Waals surface area contributed by atoms with E-state index in [0.29, 0.717) is 52.8 Å². The minimum Gasteiger partial charge on any atom is -0.377 e. The number of imide groups is 1. The quantitative estimate of drug-likeness (QED) is 0.284. The Hall–Kier alpha value is -1.99. The smallest absolute Gasteiger partial charge is 0.226 e. The van der Waals surface area contributed by atoms with Crippen molar-refractivity contribution in [1.29, 1.82) is 0 Å². The first-order valence-corrected chi connectivity index (χ1v) is 8.78. The zero-order chi connectivity index (χ0) is 20.3. The van der Waals surface area contributed by atoms with Gasteiger partial charge in [0, 0.05) is 33.4 Å². The summed E-state index contributed by atoms with van der Waals surface area (Å²) >= 11 is 0. The van der Waals surface area contributed by atoms with Gasteiger partial charge in [-0.25, -0.2) is 0 Å². The van der Waals surface area contributed by atoms with Crippen molar-refractivity contribution in [3.05, 3.63) is 0 Å². The molecular formula is C18H30N2O7. The van der Waals surface area contributed by atoms with Crippen LogP contribution < -0.4 is 5.32 Å². The van der Waals surface area contributed by atoms with Crippen molar-refractivity contribution in [2.75, 3.05) is 65.9 Å². The summed E-state index contributed by atoms with van der Waals surface area (Å²) in [7, 11) is 0. The van der Waals surface area contributed by atoms with Crippen LogP contribution in [-0.4, -0.2) is 88.6 Å². The Kier molecular flexibility index (Phi) is 16.1. The molecule has 0 aromatic rings. The number of rotatable bonds is 16. The van der Waals surface area contributed by atoms with Crippen LogP contribution in [0, 0.1) is 12.3 Å². The highest BCUT2D eigenvalue weighted by Crippen LogP contribution is 1.94. The van der Waals surface area contributed by atoms with E-state index in [9.17, 15) is 14.4 Å². The number of terminal acetylenes is 1. The van der Waals surface area contributed by atoms with Gasteiger partial charge >= 0.3 is 0 Å². The maximum Gasteiger partial charge on any atom is 0.226 e. The van der Waals surface area contributed by atoms with Gasteiger partial charge in [0.2, 0.25) is 17.7 Å². The molecule has 0 saturated carbocycles. The minimum atomic E-state index is -0.374. The topological polar surface area (TPSA) is 103 Å². The van der Waals surface area contributed by atoms with Crippen LogP contribution in [0.5, 0.6) is 0 Å². The summed E-state index contributed by atoms with van der Waals surface area (Å²) < 4.78 is 21.0. The summed E-state index contributed by atoms with van der Waals surface area (Å²) in [5.74, 6) is 1.37. The van der Waals surface area contributed by atoms with E-state index >= 15 is 0 Å². The van der Waals surface area contributed by atoms with Crippen molar-refractivity contribution in [3.8, 4) is 12.3 Å². The molecule has 154 valence electrons. The Morgan fingerprint density at radius 1 is 0.852 bits per heavy atom. The fourth-order valence-electron chi connectivity index (χ4n) is 1.89. The number of carbonyl (C=O) groups is 3. The van der Waals surface area contributed by atoms with Gasteiger partial charge in [-0.2, -0.15) is 0 Å². The Morgan fingerprint density at radius 3 is 1.81 bits per heavy atom. The van der Waals surface area contributed by atoms with Crippen molar-refractivity contribution in [2.24, 2.45) is 0 Å². The van der Waals surface area contributed by atoms with Crippen LogP contribution >= 0.6 is 0 Å². The maximum atomic E-state index is 11.6. The third kappa shape index (κ3) is 15.9. The molecular weight excluding hydrogens is 356 g/mol. The lowest BCUT2D eigenvalue weighted by atomic mass is 10.3. The normalized spacial score (nSPS) is 10.3. The fourth-order valence-corrected chi connectivity index (χ4v) is 1.89. The first-order chi connectivity index (χ1) is 13.0. The number of amides is 3. The highest BCUT2D eigenvalue weighted by molar-refractivity contribution is 5.93. The third-order valence-corrected chi connectivity index (χ3v) is 3.19. The number of nitrogens with one attached hydrogen (secondary N) is 1. The molecule has 0 radical (unpaired) electrons. The molecule has 0 fully saturated rings. The van der Waals surface area contributed by atoms with Crippen LogP contribution in [-0.2, 0) is 33.3 Å². The van der Waals surface area contributed by atoms with Crippen molar-refractivity contribution in [2.45, 2.75) is 20.3 Å². The molecule has 0 unspecified atom stereocenters. The Labute approximate surface area is 160 Å². The molecule has 27 heavy (non-hydrogen) atoms. The van der Waals surface area contributed by atoms with Crippen molar-refractivity contribution in [1.82, 2.24) is 10.2 Å². The Morgan fingerprint density at radius 2 is 1.33 bits per heavy atom. The first-order valence-electron chi connectivity index (χ1n) is 8.78. The molecule has 0 aromatic heterocycles. The van der Waals surface area contributed by atoms with Crippen LogP contribution in [0.15, 0.2) is 0 Å². The predicted octanol–water partition coefficient (Wildman–Crippen LogP) is -0.413. The number of ether oxygens (including phenoxy) is 4. The molecule has 0 saturated heterocycles. The van der Waals surface area contributed by atoms with Gasteiger partial charge in [-0.3, -0.25) is 19.3 Å². The van der Waals surface area contributed by atoms with Gasteiger partial charge in [-0.15, -0.1) is 6.42 Å². The lowest BCUT2D eigenvalue weighted by molar-refractivity contribution is -0.142. The summed E-state index contributed by atoms with van der Waals surface area (Å²) in [6.45, 7) is 6.31. The van der Waals surface area contributed by atoms with Crippen molar-refractivity contribution < 1.29 is 33.3 Å². The minimum absolute atomic E-state index is 0.0655. The molecule has 0 bridgehead atoms. The van der Waals surface area contributed by atoms with Crippen LogP contribution in [0.1, 0.15) is 20.3 Å². The highest BCUT2D eigenvalue weighted by Gasteiger charge is 2.14. The molecule has 1 N–H and O–H groups in total. The van der Waals surface area contributed by atoms with E-state index in [1.165, 1.54) is 13.8 Å². The monoisotopic (exact) mass is 386 g/mol. The second-order valence-electron chi connectivity index (χ2n) is 5.38. The van der Waals surface area contributed by atoms with Gasteiger partial charge in [0.05, 0.1) is 46.2 Å². The van der Waals surface area contributed by atoms with Gasteiger partial charge in [-0.1, -0.05) is 5.92 Å². The summed E-state index contributed by atoms with van der Waals surface area (Å²) in [6, 6.07) is 0. The molecule has 0 rings (SSSR count). The summed E-state index contributed by atoms with van der Waals surface area (Å²) in [6.07, 6.45) is 5.10. The summed E-state index contributed by atoms with van der Waals surface area (Å²) in [5, 5.41) is 2.66. The van der Waals surface area contributed by atoms with E-state index in [1.807, 2.05) is 0 Å². The van der Waals surface area contributed by atoms with E-state index in [2.05, 4.69) is 11.2 Å². The molecule has 9 nitrogen and oxygen atoms in total. The van der Waals surface area contributed by atoms with E-state index in [4.69, 9.17) is 25.4 Å². The standard InChI is InChI=1S/C18H30N2O7/c1-4-8-24-10-12-26-14-15-27-13-11-25-9-6-19-18(23)5-7-20(16(2)21)17(3)22/h1H,5-15H2,2-3H3,(H,19,23). The average Bonchev–Trinajstić information content (AvgIpc) is 2.61. The molecule has 3 amide bonds. The molecule has 9 heteroatoms. The van der Waals surface area contributed by atoms with E-state index < -0.39 is 0 Å². The second kappa shape index (κ2) is 17.4. The maximum absolute atomic E-state index is 11.6. The molecule has 0 heterocycles. The van der Waals surface area contributed by atoms with Gasteiger partial charge in [0.25, 0.3) is 0 Å². The van der Waals surface area contributed by atoms with E-state index in [1.54, 1.807) is 0 Å². The van der Waals surface area contributed by atoms with Crippen molar-refractivity contribution in [3.63, 3.8) is 0 Å². The average molecular weight is 386 g/mol. The zero-order valence-corrected chi connectivity index (χ0v) is 16.2. The van der Waals surface area contributed by atoms with Crippen LogP contribution in [0.25, 0.3) is 0 Å². The number of carbonyl (C=O) groups excluding carboxylic acids is 3. The Bertz CT molecular complexity index is 463. The SMILES string of the molecule is C#CCOCCOCCOCCOCCNC(=O)CCN(C(C)=O)C(C)=O. The lowest BCUT2D eigenvalue weighted by Gasteiger charge is -2.16. The summed E-state index contributed by atoms with van der Waals surface area (Å²) in [4.78, 5) is 35.1. The lowest BCUT2D eigenvalue weighted by Crippen LogP contribution is -2.37. The summed E-state index contributed by atoms with van der Waals surface area (Å²) in [5.41, 5.74) is 0. The number of hydrogen-bond donors (Lipinski definition) is 1. The first kappa shape index (κ1) is 25.0. The molecule has 0 aliphatic rings. The highest BCUT2D eigenvalue weighted by atomic mass is 16.6.